The molecule has 1 aromatic heterocycles. The largest absolute Gasteiger partial charge is 0.506 e. The van der Waals surface area contributed by atoms with Crippen molar-refractivity contribution >= 4 is 23.4 Å². The molecule has 0 fully saturated rings. The molecule has 2 N–H and O–H groups in total. The zero-order chi connectivity index (χ0) is 15.9. The highest BCUT2D eigenvalue weighted by Gasteiger charge is 2.29. The van der Waals surface area contributed by atoms with E-state index >= 15 is 0 Å². The predicted molar refractivity (Wildman–Crippen MR) is 84.9 cm³/mol. The molecule has 1 aliphatic rings. The highest BCUT2D eigenvalue weighted by molar-refractivity contribution is 6.35. The van der Waals surface area contributed by atoms with Crippen LogP contribution in [-0.2, 0) is 4.79 Å². The SMILES string of the molecule is COc1ccc(C=C2C(=O)Nc3nc(C)c(O)c(C)c32)cc1. The van der Waals surface area contributed by atoms with Gasteiger partial charge in [0.1, 0.15) is 17.3 Å². The van der Waals surface area contributed by atoms with Gasteiger partial charge in [0, 0.05) is 11.1 Å². The number of nitrogens with zero attached hydrogens (tertiary/aromatic N) is 1. The van der Waals surface area contributed by atoms with Gasteiger partial charge in [-0.25, -0.2) is 4.98 Å². The summed E-state index contributed by atoms with van der Waals surface area (Å²) in [5, 5.41) is 12.8. The van der Waals surface area contributed by atoms with Crippen molar-refractivity contribution in [2.75, 3.05) is 12.4 Å². The molecule has 5 heteroatoms. The van der Waals surface area contributed by atoms with E-state index in [0.717, 1.165) is 11.3 Å². The van der Waals surface area contributed by atoms with Crippen LogP contribution >= 0.6 is 0 Å². The van der Waals surface area contributed by atoms with Gasteiger partial charge in [-0.15, -0.1) is 0 Å². The van der Waals surface area contributed by atoms with E-state index in [1.54, 1.807) is 27.0 Å². The van der Waals surface area contributed by atoms with Gasteiger partial charge >= 0.3 is 0 Å². The number of hydrogen-bond donors (Lipinski definition) is 2. The molecule has 5 nitrogen and oxygen atoms in total. The number of amides is 1. The Bertz CT molecular complexity index is 793. The van der Waals surface area contributed by atoms with Crippen LogP contribution in [0.4, 0.5) is 5.82 Å². The predicted octanol–water partition coefficient (Wildman–Crippen LogP) is 2.91. The quantitative estimate of drug-likeness (QED) is 0.836. The lowest BCUT2D eigenvalue weighted by Crippen LogP contribution is -2.04. The summed E-state index contributed by atoms with van der Waals surface area (Å²) in [7, 11) is 1.61. The zero-order valence-electron chi connectivity index (χ0n) is 12.6. The Hall–Kier alpha value is -2.82. The fourth-order valence-corrected chi connectivity index (χ4v) is 2.56. The van der Waals surface area contributed by atoms with Crippen molar-refractivity contribution in [2.24, 2.45) is 0 Å². The van der Waals surface area contributed by atoms with Crippen molar-refractivity contribution in [1.29, 1.82) is 0 Å². The van der Waals surface area contributed by atoms with Crippen LogP contribution < -0.4 is 10.1 Å². The molecule has 1 amide bonds. The first-order chi connectivity index (χ1) is 10.5. The maximum Gasteiger partial charge on any atom is 0.257 e. The zero-order valence-corrected chi connectivity index (χ0v) is 12.6. The van der Waals surface area contributed by atoms with Gasteiger partial charge in [-0.2, -0.15) is 0 Å². The summed E-state index contributed by atoms with van der Waals surface area (Å²) in [6.07, 6.45) is 1.78. The van der Waals surface area contributed by atoms with E-state index < -0.39 is 0 Å². The number of ether oxygens (including phenoxy) is 1. The first kappa shape index (κ1) is 14.1. The molecule has 0 unspecified atom stereocenters. The normalized spacial score (nSPS) is 14.9. The molecular weight excluding hydrogens is 280 g/mol. The van der Waals surface area contributed by atoms with E-state index in [1.807, 2.05) is 24.3 Å². The summed E-state index contributed by atoms with van der Waals surface area (Å²) in [5.74, 6) is 1.16. The summed E-state index contributed by atoms with van der Waals surface area (Å²) in [5.41, 5.74) is 3.19. The average Bonchev–Trinajstić information content (AvgIpc) is 2.81. The van der Waals surface area contributed by atoms with Gasteiger partial charge in [0.05, 0.1) is 18.4 Å². The molecule has 1 aliphatic heterocycles. The Morgan fingerprint density at radius 2 is 1.91 bits per heavy atom. The molecule has 0 aliphatic carbocycles. The summed E-state index contributed by atoms with van der Waals surface area (Å²) in [6, 6.07) is 7.40. The molecule has 22 heavy (non-hydrogen) atoms. The minimum absolute atomic E-state index is 0.121. The first-order valence-electron chi connectivity index (χ1n) is 6.89. The third-order valence-electron chi connectivity index (χ3n) is 3.76. The molecule has 2 aromatic rings. The Morgan fingerprint density at radius 1 is 1.23 bits per heavy atom. The Labute approximate surface area is 128 Å². The molecule has 0 saturated carbocycles. The first-order valence-corrected chi connectivity index (χ1v) is 6.89. The summed E-state index contributed by atoms with van der Waals surface area (Å²) >= 11 is 0. The van der Waals surface area contributed by atoms with Crippen LogP contribution in [0.25, 0.3) is 11.6 Å². The van der Waals surface area contributed by atoms with Crippen molar-refractivity contribution in [3.8, 4) is 11.5 Å². The van der Waals surface area contributed by atoms with Gasteiger partial charge < -0.3 is 15.2 Å². The second-order valence-corrected chi connectivity index (χ2v) is 5.18. The van der Waals surface area contributed by atoms with Crippen LogP contribution in [-0.4, -0.2) is 23.1 Å². The fraction of sp³-hybridized carbons (Fsp3) is 0.176. The van der Waals surface area contributed by atoms with E-state index in [0.29, 0.717) is 28.2 Å². The summed E-state index contributed by atoms with van der Waals surface area (Å²) in [6.45, 7) is 3.49. The van der Waals surface area contributed by atoms with Crippen LogP contribution in [0.1, 0.15) is 22.4 Å². The van der Waals surface area contributed by atoms with E-state index in [2.05, 4.69) is 10.3 Å². The van der Waals surface area contributed by atoms with Gasteiger partial charge in [-0.3, -0.25) is 4.79 Å². The van der Waals surface area contributed by atoms with Crippen LogP contribution in [0.2, 0.25) is 0 Å². The number of hydrogen-bond acceptors (Lipinski definition) is 4. The number of methoxy groups -OCH3 is 1. The lowest BCUT2D eigenvalue weighted by molar-refractivity contribution is -0.110. The molecule has 1 aromatic carbocycles. The molecule has 0 bridgehead atoms. The Kier molecular flexibility index (Phi) is 3.33. The monoisotopic (exact) mass is 296 g/mol. The maximum atomic E-state index is 12.2. The number of anilines is 1. The molecular formula is C17H16N2O3. The third-order valence-corrected chi connectivity index (χ3v) is 3.76. The molecule has 2 heterocycles. The van der Waals surface area contributed by atoms with Gasteiger partial charge in [-0.05, 0) is 37.6 Å². The molecule has 0 saturated heterocycles. The van der Waals surface area contributed by atoms with Crippen LogP contribution in [0.3, 0.4) is 0 Å². The molecule has 3 rings (SSSR count). The highest BCUT2D eigenvalue weighted by atomic mass is 16.5. The maximum absolute atomic E-state index is 12.2. The van der Waals surface area contributed by atoms with Gasteiger partial charge in [0.2, 0.25) is 0 Å². The minimum Gasteiger partial charge on any atom is -0.506 e. The lowest BCUT2D eigenvalue weighted by Gasteiger charge is -2.08. The van der Waals surface area contributed by atoms with Gasteiger partial charge in [0.15, 0.2) is 0 Å². The number of rotatable bonds is 2. The van der Waals surface area contributed by atoms with Crippen LogP contribution in [0.15, 0.2) is 24.3 Å². The number of aromatic nitrogens is 1. The number of fused-ring (bicyclic) bond motifs is 1. The molecule has 0 atom stereocenters. The topological polar surface area (TPSA) is 71.5 Å². The Morgan fingerprint density at radius 3 is 2.55 bits per heavy atom. The molecule has 0 radical (unpaired) electrons. The van der Waals surface area contributed by atoms with E-state index in [9.17, 15) is 9.90 Å². The van der Waals surface area contributed by atoms with Crippen molar-refractivity contribution < 1.29 is 14.6 Å². The fourth-order valence-electron chi connectivity index (χ4n) is 2.56. The summed E-state index contributed by atoms with van der Waals surface area (Å²) < 4.78 is 5.12. The van der Waals surface area contributed by atoms with Gasteiger partial charge in [0.25, 0.3) is 5.91 Å². The second kappa shape index (κ2) is 5.18. The van der Waals surface area contributed by atoms with E-state index in [-0.39, 0.29) is 11.7 Å². The third kappa shape index (κ3) is 2.20. The van der Waals surface area contributed by atoms with E-state index in [4.69, 9.17) is 4.74 Å². The smallest absolute Gasteiger partial charge is 0.257 e. The van der Waals surface area contributed by atoms with Crippen molar-refractivity contribution in [3.05, 3.63) is 46.6 Å². The van der Waals surface area contributed by atoms with E-state index in [1.165, 1.54) is 0 Å². The number of benzene rings is 1. The number of aromatic hydroxyl groups is 1. The highest BCUT2D eigenvalue weighted by Crippen LogP contribution is 2.38. The molecule has 0 spiro atoms. The van der Waals surface area contributed by atoms with Gasteiger partial charge in [-0.1, -0.05) is 12.1 Å². The number of nitrogens with one attached hydrogen (secondary N) is 1. The van der Waals surface area contributed by atoms with Crippen molar-refractivity contribution in [2.45, 2.75) is 13.8 Å². The van der Waals surface area contributed by atoms with Crippen LogP contribution in [0.5, 0.6) is 11.5 Å². The summed E-state index contributed by atoms with van der Waals surface area (Å²) in [4.78, 5) is 16.4. The minimum atomic E-state index is -0.216. The number of carbonyl (C=O) groups excluding carboxylic acids is 1. The number of aryl methyl sites for hydroxylation is 1. The molecule has 112 valence electrons. The Balaban J connectivity index is 2.11. The number of carbonyl (C=O) groups is 1. The van der Waals surface area contributed by atoms with Crippen molar-refractivity contribution in [3.63, 3.8) is 0 Å². The standard InChI is InChI=1S/C17H16N2O3/c1-9-14-13(8-11-4-6-12(22-3)7-5-11)17(21)19-16(14)18-10(2)15(9)20/h4-8,20H,1-3H3,(H,18,19,21). The van der Waals surface area contributed by atoms with Crippen molar-refractivity contribution in [1.82, 2.24) is 4.98 Å². The average molecular weight is 296 g/mol. The van der Waals surface area contributed by atoms with Crippen LogP contribution in [0, 0.1) is 13.8 Å². The second-order valence-electron chi connectivity index (χ2n) is 5.18. The number of pyridine rings is 1. The lowest BCUT2D eigenvalue weighted by atomic mass is 10.00.